The zero-order valence-corrected chi connectivity index (χ0v) is 13.8. The van der Waals surface area contributed by atoms with E-state index in [9.17, 15) is 9.59 Å². The third-order valence-electron chi connectivity index (χ3n) is 3.06. The maximum Gasteiger partial charge on any atom is 0.325 e. The summed E-state index contributed by atoms with van der Waals surface area (Å²) in [7, 11) is 0. The van der Waals surface area contributed by atoms with Crippen molar-refractivity contribution in [2.75, 3.05) is 11.2 Å². The van der Waals surface area contributed by atoms with Crippen molar-refractivity contribution in [1.29, 1.82) is 0 Å². The van der Waals surface area contributed by atoms with Crippen molar-refractivity contribution < 1.29 is 9.59 Å². The molecule has 1 heterocycles. The summed E-state index contributed by atoms with van der Waals surface area (Å²) < 4.78 is 1.21. The molecule has 122 valence electrons. The molecule has 4 N–H and O–H groups in total. The molecule has 2 rings (SSSR count). The molecule has 1 aromatic carbocycles. The van der Waals surface area contributed by atoms with E-state index in [-0.39, 0.29) is 0 Å². The van der Waals surface area contributed by atoms with E-state index in [4.69, 9.17) is 5.84 Å². The van der Waals surface area contributed by atoms with Crippen LogP contribution in [0.15, 0.2) is 29.7 Å². The minimum Gasteiger partial charge on any atom is -0.336 e. The van der Waals surface area contributed by atoms with Gasteiger partial charge in [-0.1, -0.05) is 29.5 Å². The number of benzene rings is 1. The Bertz CT molecular complexity index is 730. The van der Waals surface area contributed by atoms with E-state index in [0.717, 1.165) is 22.9 Å². The second-order valence-corrected chi connectivity index (χ2v) is 6.35. The molecule has 1 atom stereocenters. The quantitative estimate of drug-likeness (QED) is 0.576. The summed E-state index contributed by atoms with van der Waals surface area (Å²) in [6.45, 7) is 5.51. The van der Waals surface area contributed by atoms with E-state index in [1.807, 2.05) is 26.0 Å². The number of hydrogen-bond donors (Lipinski definition) is 3. The summed E-state index contributed by atoms with van der Waals surface area (Å²) in [6, 6.07) is 5.05. The van der Waals surface area contributed by atoms with Gasteiger partial charge in [0.2, 0.25) is 11.1 Å². The van der Waals surface area contributed by atoms with Gasteiger partial charge in [-0.05, 0) is 32.4 Å². The number of nitrogens with two attached hydrogens (primary N) is 1. The van der Waals surface area contributed by atoms with Crippen LogP contribution >= 0.6 is 11.8 Å². The van der Waals surface area contributed by atoms with Gasteiger partial charge in [0.05, 0.1) is 5.25 Å². The molecule has 0 aliphatic carbocycles. The van der Waals surface area contributed by atoms with Gasteiger partial charge in [0, 0.05) is 5.69 Å². The van der Waals surface area contributed by atoms with Gasteiger partial charge in [0.1, 0.15) is 6.33 Å². The first-order valence-corrected chi connectivity index (χ1v) is 7.75. The molecule has 0 aliphatic heterocycles. The van der Waals surface area contributed by atoms with Gasteiger partial charge in [0.15, 0.2) is 0 Å². The summed E-state index contributed by atoms with van der Waals surface area (Å²) in [4.78, 5) is 24.0. The number of anilines is 1. The lowest BCUT2D eigenvalue weighted by molar-refractivity contribution is -0.119. The van der Waals surface area contributed by atoms with E-state index in [1.165, 1.54) is 11.0 Å². The van der Waals surface area contributed by atoms with E-state index >= 15 is 0 Å². The van der Waals surface area contributed by atoms with E-state index < -0.39 is 17.2 Å². The molecule has 0 radical (unpaired) electrons. The third-order valence-corrected chi connectivity index (χ3v) is 4.13. The summed E-state index contributed by atoms with van der Waals surface area (Å²) >= 11 is 1.11. The number of nitrogens with one attached hydrogen (secondary N) is 2. The van der Waals surface area contributed by atoms with Crippen molar-refractivity contribution in [2.45, 2.75) is 31.2 Å². The Labute approximate surface area is 137 Å². The number of rotatable bonds is 4. The summed E-state index contributed by atoms with van der Waals surface area (Å²) in [5.74, 6) is 5.14. The van der Waals surface area contributed by atoms with Crippen molar-refractivity contribution in [1.82, 2.24) is 20.2 Å². The summed E-state index contributed by atoms with van der Waals surface area (Å²) in [5.41, 5.74) is 2.68. The minimum atomic E-state index is -0.580. The third kappa shape index (κ3) is 4.46. The van der Waals surface area contributed by atoms with Crippen LogP contribution < -0.4 is 16.5 Å². The van der Waals surface area contributed by atoms with Crippen LogP contribution in [0, 0.1) is 13.8 Å². The number of carbonyl (C=O) groups excluding carboxylic acids is 2. The average molecular weight is 334 g/mol. The molecule has 0 fully saturated rings. The van der Waals surface area contributed by atoms with Crippen molar-refractivity contribution >= 4 is 29.4 Å². The second kappa shape index (κ2) is 7.14. The summed E-state index contributed by atoms with van der Waals surface area (Å²) in [5, 5.41) is 12.2. The van der Waals surface area contributed by atoms with E-state index in [0.29, 0.717) is 10.8 Å². The molecule has 23 heavy (non-hydrogen) atoms. The lowest BCUT2D eigenvalue weighted by Crippen LogP contribution is -2.39. The van der Waals surface area contributed by atoms with Crippen LogP contribution in [0.3, 0.4) is 0 Å². The zero-order chi connectivity index (χ0) is 17.0. The smallest absolute Gasteiger partial charge is 0.325 e. The number of aryl methyl sites for hydroxylation is 2. The Kier molecular flexibility index (Phi) is 5.22. The summed E-state index contributed by atoms with van der Waals surface area (Å²) in [6.07, 6.45) is 1.33. The fourth-order valence-corrected chi connectivity index (χ4v) is 2.59. The van der Waals surface area contributed by atoms with Crippen LogP contribution in [0.4, 0.5) is 10.5 Å². The Morgan fingerprint density at radius 2 is 2.09 bits per heavy atom. The fraction of sp³-hybridized carbons (Fsp3) is 0.286. The van der Waals surface area contributed by atoms with Crippen molar-refractivity contribution in [3.05, 3.63) is 35.7 Å². The highest BCUT2D eigenvalue weighted by Gasteiger charge is 2.19. The molecule has 1 unspecified atom stereocenters. The van der Waals surface area contributed by atoms with Crippen LogP contribution in [0.1, 0.15) is 18.1 Å². The van der Waals surface area contributed by atoms with E-state index in [1.54, 1.807) is 13.0 Å². The molecule has 0 bridgehead atoms. The van der Waals surface area contributed by atoms with Crippen LogP contribution in [0.25, 0.3) is 0 Å². The van der Waals surface area contributed by atoms with E-state index in [2.05, 4.69) is 20.8 Å². The maximum atomic E-state index is 12.0. The highest BCUT2D eigenvalue weighted by atomic mass is 32.2. The molecular weight excluding hydrogens is 316 g/mol. The number of thioether (sulfide) groups is 1. The Balaban J connectivity index is 1.91. The van der Waals surface area contributed by atoms with Gasteiger partial charge in [-0.25, -0.2) is 9.47 Å². The fourth-order valence-electron chi connectivity index (χ4n) is 1.85. The number of amides is 3. The number of aromatic nitrogens is 3. The monoisotopic (exact) mass is 334 g/mol. The molecule has 0 saturated heterocycles. The van der Waals surface area contributed by atoms with Crippen LogP contribution in [0.2, 0.25) is 0 Å². The molecule has 9 heteroatoms. The van der Waals surface area contributed by atoms with Crippen molar-refractivity contribution in [2.24, 2.45) is 0 Å². The Hall–Kier alpha value is -2.55. The SMILES string of the molecule is Cc1ccc(NC(=O)NC(=O)C(C)Sc2nncn2N)c(C)c1. The molecule has 1 aromatic heterocycles. The molecular formula is C14H18N6O2S. The standard InChI is InChI=1S/C14H18N6O2S/c1-8-4-5-11(9(2)6-8)17-13(22)18-12(21)10(3)23-14-19-16-7-20(14)15/h4-7,10H,15H2,1-3H3,(H2,17,18,21,22). The van der Waals surface area contributed by atoms with Gasteiger partial charge in [0.25, 0.3) is 0 Å². The molecule has 8 nitrogen and oxygen atoms in total. The minimum absolute atomic E-state index is 0.391. The second-order valence-electron chi connectivity index (χ2n) is 5.04. The molecule has 0 spiro atoms. The molecule has 2 aromatic rings. The van der Waals surface area contributed by atoms with Crippen molar-refractivity contribution in [3.63, 3.8) is 0 Å². The van der Waals surface area contributed by atoms with Crippen LogP contribution in [-0.2, 0) is 4.79 Å². The largest absolute Gasteiger partial charge is 0.336 e. The Morgan fingerprint density at radius 3 is 2.70 bits per heavy atom. The number of imide groups is 1. The topological polar surface area (TPSA) is 115 Å². The predicted octanol–water partition coefficient (Wildman–Crippen LogP) is 1.44. The first kappa shape index (κ1) is 16.8. The van der Waals surface area contributed by atoms with Gasteiger partial charge in [-0.2, -0.15) is 0 Å². The lowest BCUT2D eigenvalue weighted by Gasteiger charge is -2.12. The molecule has 0 aliphatic rings. The normalized spacial score (nSPS) is 11.8. The van der Waals surface area contributed by atoms with Gasteiger partial charge in [-0.15, -0.1) is 10.2 Å². The lowest BCUT2D eigenvalue weighted by atomic mass is 10.1. The highest BCUT2D eigenvalue weighted by Crippen LogP contribution is 2.19. The maximum absolute atomic E-state index is 12.0. The highest BCUT2D eigenvalue weighted by molar-refractivity contribution is 8.00. The Morgan fingerprint density at radius 1 is 1.35 bits per heavy atom. The first-order valence-electron chi connectivity index (χ1n) is 6.87. The van der Waals surface area contributed by atoms with Gasteiger partial charge < -0.3 is 11.2 Å². The van der Waals surface area contributed by atoms with Gasteiger partial charge in [-0.3, -0.25) is 10.1 Å². The number of nitrogen functional groups attached to an aromatic ring is 1. The number of hydrogen-bond acceptors (Lipinski definition) is 6. The zero-order valence-electron chi connectivity index (χ0n) is 13.0. The molecule has 0 saturated carbocycles. The van der Waals surface area contributed by atoms with Crippen molar-refractivity contribution in [3.8, 4) is 0 Å². The number of nitrogens with zero attached hydrogens (tertiary/aromatic N) is 3. The van der Waals surface area contributed by atoms with Crippen LogP contribution in [-0.4, -0.2) is 32.1 Å². The molecule has 3 amide bonds. The predicted molar refractivity (Wildman–Crippen MR) is 88.6 cm³/mol. The number of carbonyl (C=O) groups is 2. The first-order chi connectivity index (χ1) is 10.9. The van der Waals surface area contributed by atoms with Gasteiger partial charge >= 0.3 is 6.03 Å². The van der Waals surface area contributed by atoms with Crippen LogP contribution in [0.5, 0.6) is 0 Å². The number of urea groups is 1. The average Bonchev–Trinajstić information content (AvgIpc) is 2.87.